The maximum atomic E-state index is 7.04. The van der Waals surface area contributed by atoms with Crippen LogP contribution in [0.25, 0.3) is 0 Å². The van der Waals surface area contributed by atoms with E-state index in [1.165, 1.54) is 70.8 Å². The second-order valence-corrected chi connectivity index (χ2v) is 13.2. The van der Waals surface area contributed by atoms with Gasteiger partial charge in [-0.25, -0.2) is 0 Å². The van der Waals surface area contributed by atoms with E-state index in [0.29, 0.717) is 29.5 Å². The van der Waals surface area contributed by atoms with Crippen LogP contribution in [0.1, 0.15) is 91.9 Å². The standard InChI is InChI=1S/C28H46N2O/c1-16-11-25-26(30-15-16)18(3)28(31-25)10-8-21-22-6-5-19-12-20(29)7-9-27(19,4)24(22)13-23(21)17(2)14-28/h16,18-22,24-26,30H,5-15,29H2,1-4H3/t16-,18+,19?,20+,21-,22-,24-,25+,26?,27-,28-/m0/s1. The Kier molecular flexibility index (Phi) is 4.99. The fraction of sp³-hybridized carbons (Fsp3) is 0.929. The summed E-state index contributed by atoms with van der Waals surface area (Å²) in [5, 5.41) is 3.87. The van der Waals surface area contributed by atoms with E-state index in [0.717, 1.165) is 29.6 Å². The van der Waals surface area contributed by atoms with Gasteiger partial charge in [-0.2, -0.15) is 0 Å². The third kappa shape index (κ3) is 3.08. The number of nitrogens with one attached hydrogen (secondary N) is 1. The summed E-state index contributed by atoms with van der Waals surface area (Å²) in [6, 6.07) is 1.03. The average Bonchev–Trinajstić information content (AvgIpc) is 3.19. The van der Waals surface area contributed by atoms with Crippen molar-refractivity contribution in [2.75, 3.05) is 6.54 Å². The topological polar surface area (TPSA) is 47.3 Å². The zero-order valence-electron chi connectivity index (χ0n) is 20.5. The lowest BCUT2D eigenvalue weighted by atomic mass is 9.52. The van der Waals surface area contributed by atoms with Gasteiger partial charge < -0.3 is 15.8 Å². The van der Waals surface area contributed by atoms with Crippen molar-refractivity contribution in [2.45, 2.75) is 116 Å². The number of piperidine rings is 1. The van der Waals surface area contributed by atoms with Gasteiger partial charge in [-0.3, -0.25) is 0 Å². The summed E-state index contributed by atoms with van der Waals surface area (Å²) in [5.41, 5.74) is 10.6. The molecule has 3 heteroatoms. The van der Waals surface area contributed by atoms with Gasteiger partial charge in [0.2, 0.25) is 0 Å². The van der Waals surface area contributed by atoms with Gasteiger partial charge >= 0.3 is 0 Å². The molecule has 2 unspecified atom stereocenters. The molecular formula is C28H46N2O. The predicted octanol–water partition coefficient (Wildman–Crippen LogP) is 5.44. The van der Waals surface area contributed by atoms with E-state index in [-0.39, 0.29) is 5.60 Å². The largest absolute Gasteiger partial charge is 0.369 e. The minimum Gasteiger partial charge on any atom is -0.369 e. The molecule has 31 heavy (non-hydrogen) atoms. The zero-order valence-corrected chi connectivity index (χ0v) is 20.5. The van der Waals surface area contributed by atoms with Crippen LogP contribution in [-0.4, -0.2) is 30.3 Å². The van der Waals surface area contributed by atoms with Crippen LogP contribution in [0.2, 0.25) is 0 Å². The predicted molar refractivity (Wildman–Crippen MR) is 127 cm³/mol. The SMILES string of the molecule is CC1=C2C[C@H]3[C@@H](CCC4C[C@H](N)CC[C@@]43C)[C@@H]2CC[C@@]2(C1)O[C@@H]1C[C@H](C)CNC1[C@H]2C. The van der Waals surface area contributed by atoms with Gasteiger partial charge in [0.25, 0.3) is 0 Å². The monoisotopic (exact) mass is 426 g/mol. The summed E-state index contributed by atoms with van der Waals surface area (Å²) in [6.45, 7) is 11.2. The number of fused-ring (bicyclic) bond motifs is 6. The van der Waals surface area contributed by atoms with Crippen LogP contribution in [0.15, 0.2) is 11.1 Å². The molecule has 6 rings (SSSR count). The first-order valence-corrected chi connectivity index (χ1v) is 13.7. The quantitative estimate of drug-likeness (QED) is 0.507. The molecule has 3 N–H and O–H groups in total. The fourth-order valence-electron chi connectivity index (χ4n) is 9.86. The van der Waals surface area contributed by atoms with Crippen molar-refractivity contribution in [1.29, 1.82) is 0 Å². The molecule has 5 fully saturated rings. The van der Waals surface area contributed by atoms with Crippen molar-refractivity contribution in [3.63, 3.8) is 0 Å². The molecule has 1 spiro atoms. The summed E-state index contributed by atoms with van der Waals surface area (Å²) in [7, 11) is 0. The number of hydrogen-bond donors (Lipinski definition) is 2. The Labute approximate surface area is 190 Å². The average molecular weight is 427 g/mol. The fourth-order valence-corrected chi connectivity index (χ4v) is 9.86. The molecule has 11 atom stereocenters. The van der Waals surface area contributed by atoms with Crippen LogP contribution in [-0.2, 0) is 4.74 Å². The van der Waals surface area contributed by atoms with Crippen LogP contribution < -0.4 is 11.1 Å². The van der Waals surface area contributed by atoms with Gasteiger partial charge in [0.05, 0.1) is 11.7 Å². The maximum absolute atomic E-state index is 7.04. The molecule has 6 aliphatic rings. The minimum absolute atomic E-state index is 0.0853. The van der Waals surface area contributed by atoms with E-state index >= 15 is 0 Å². The molecule has 3 saturated carbocycles. The molecule has 174 valence electrons. The van der Waals surface area contributed by atoms with Crippen molar-refractivity contribution in [3.05, 3.63) is 11.1 Å². The van der Waals surface area contributed by atoms with Gasteiger partial charge in [0, 0.05) is 18.0 Å². The summed E-state index contributed by atoms with van der Waals surface area (Å²) in [5.74, 6) is 4.92. The lowest BCUT2D eigenvalue weighted by molar-refractivity contribution is -0.0745. The first-order valence-electron chi connectivity index (χ1n) is 13.7. The Morgan fingerprint density at radius 3 is 2.74 bits per heavy atom. The van der Waals surface area contributed by atoms with Crippen molar-refractivity contribution in [2.24, 2.45) is 46.7 Å². The van der Waals surface area contributed by atoms with Crippen molar-refractivity contribution in [3.8, 4) is 0 Å². The zero-order chi connectivity index (χ0) is 21.5. The van der Waals surface area contributed by atoms with E-state index < -0.39 is 0 Å². The molecule has 0 radical (unpaired) electrons. The normalized spacial score (nSPS) is 56.6. The van der Waals surface area contributed by atoms with Gasteiger partial charge in [0.15, 0.2) is 0 Å². The highest BCUT2D eigenvalue weighted by molar-refractivity contribution is 5.29. The second kappa shape index (κ2) is 7.31. The number of hydrogen-bond acceptors (Lipinski definition) is 3. The van der Waals surface area contributed by atoms with Gasteiger partial charge in [-0.15, -0.1) is 0 Å². The maximum Gasteiger partial charge on any atom is 0.0765 e. The Balaban J connectivity index is 1.27. The van der Waals surface area contributed by atoms with Crippen LogP contribution in [0, 0.1) is 40.9 Å². The molecule has 0 amide bonds. The Morgan fingerprint density at radius 1 is 1.06 bits per heavy atom. The Morgan fingerprint density at radius 2 is 1.90 bits per heavy atom. The summed E-state index contributed by atoms with van der Waals surface area (Å²) in [6.07, 6.45) is 13.7. The molecule has 3 nitrogen and oxygen atoms in total. The molecule has 0 aromatic carbocycles. The molecule has 0 bridgehead atoms. The highest BCUT2D eigenvalue weighted by Gasteiger charge is 2.59. The van der Waals surface area contributed by atoms with Crippen LogP contribution in [0.4, 0.5) is 0 Å². The molecule has 4 aliphatic carbocycles. The van der Waals surface area contributed by atoms with Crippen LogP contribution in [0.3, 0.4) is 0 Å². The van der Waals surface area contributed by atoms with E-state index in [9.17, 15) is 0 Å². The molecule has 2 aliphatic heterocycles. The molecule has 0 aromatic rings. The first kappa shape index (κ1) is 21.2. The third-order valence-corrected chi connectivity index (χ3v) is 11.7. The van der Waals surface area contributed by atoms with Gasteiger partial charge in [-0.1, -0.05) is 31.9 Å². The van der Waals surface area contributed by atoms with Crippen molar-refractivity contribution < 1.29 is 4.74 Å². The van der Waals surface area contributed by atoms with Crippen molar-refractivity contribution >= 4 is 0 Å². The number of nitrogens with two attached hydrogens (primary N) is 1. The van der Waals surface area contributed by atoms with E-state index in [4.69, 9.17) is 10.5 Å². The Bertz CT molecular complexity index is 762. The third-order valence-electron chi connectivity index (χ3n) is 11.7. The molecular weight excluding hydrogens is 380 g/mol. The second-order valence-electron chi connectivity index (χ2n) is 13.2. The molecule has 2 heterocycles. The summed E-state index contributed by atoms with van der Waals surface area (Å²) >= 11 is 0. The van der Waals surface area contributed by atoms with E-state index in [1.807, 2.05) is 5.57 Å². The minimum atomic E-state index is 0.0853. The summed E-state index contributed by atoms with van der Waals surface area (Å²) in [4.78, 5) is 0. The van der Waals surface area contributed by atoms with Crippen LogP contribution >= 0.6 is 0 Å². The van der Waals surface area contributed by atoms with Gasteiger partial charge in [0.1, 0.15) is 0 Å². The number of ether oxygens (including phenoxy) is 1. The lowest BCUT2D eigenvalue weighted by Crippen LogP contribution is -2.49. The van der Waals surface area contributed by atoms with Crippen molar-refractivity contribution in [1.82, 2.24) is 5.32 Å². The highest BCUT2D eigenvalue weighted by Crippen LogP contribution is 2.65. The van der Waals surface area contributed by atoms with E-state index in [2.05, 4.69) is 33.0 Å². The summed E-state index contributed by atoms with van der Waals surface area (Å²) < 4.78 is 7.04. The number of rotatable bonds is 0. The highest BCUT2D eigenvalue weighted by atomic mass is 16.5. The van der Waals surface area contributed by atoms with Crippen LogP contribution in [0.5, 0.6) is 0 Å². The van der Waals surface area contributed by atoms with Gasteiger partial charge in [-0.05, 0) is 113 Å². The smallest absolute Gasteiger partial charge is 0.0765 e. The van der Waals surface area contributed by atoms with E-state index in [1.54, 1.807) is 5.57 Å². The number of allylic oxidation sites excluding steroid dienone is 1. The molecule has 0 aromatic heterocycles. The Hall–Kier alpha value is -0.380. The lowest BCUT2D eigenvalue weighted by Gasteiger charge is -2.54. The molecule has 2 saturated heterocycles. The first-order chi connectivity index (χ1) is 14.8.